The first-order valence-electron chi connectivity index (χ1n) is 11.8. The van der Waals surface area contributed by atoms with Gasteiger partial charge in [-0.05, 0) is 43.9 Å². The van der Waals surface area contributed by atoms with Crippen molar-refractivity contribution in [2.75, 3.05) is 17.2 Å². The van der Waals surface area contributed by atoms with Gasteiger partial charge in [0.1, 0.15) is 18.2 Å². The third kappa shape index (κ3) is 6.60. The van der Waals surface area contributed by atoms with E-state index in [1.54, 1.807) is 35.6 Å². The minimum Gasteiger partial charge on any atom is -0.487 e. The lowest BCUT2D eigenvalue weighted by molar-refractivity contribution is 0.0985. The van der Waals surface area contributed by atoms with Gasteiger partial charge in [-0.2, -0.15) is 0 Å². The van der Waals surface area contributed by atoms with Crippen molar-refractivity contribution in [2.45, 2.75) is 60.1 Å². The summed E-state index contributed by atoms with van der Waals surface area (Å²) in [5.74, 6) is 0.405. The Morgan fingerprint density at radius 3 is 2.74 bits per heavy atom. The molecular formula is C25H33N5O4S. The lowest BCUT2D eigenvalue weighted by Gasteiger charge is -2.25. The van der Waals surface area contributed by atoms with Crippen LogP contribution in [-0.4, -0.2) is 27.0 Å². The number of aromatic nitrogens is 3. The molecule has 0 spiro atoms. The Balaban J connectivity index is 1.95. The van der Waals surface area contributed by atoms with Crippen molar-refractivity contribution in [2.24, 2.45) is 5.92 Å². The number of aromatic amines is 1. The van der Waals surface area contributed by atoms with E-state index in [1.807, 2.05) is 33.1 Å². The lowest BCUT2D eigenvalue weighted by Crippen LogP contribution is -2.42. The molecule has 0 saturated heterocycles. The largest absolute Gasteiger partial charge is 0.487 e. The highest BCUT2D eigenvalue weighted by molar-refractivity contribution is 7.09. The summed E-state index contributed by atoms with van der Waals surface area (Å²) in [4.78, 5) is 47.0. The molecule has 10 heteroatoms. The average Bonchev–Trinajstić information content (AvgIpc) is 3.24. The van der Waals surface area contributed by atoms with E-state index in [-0.39, 0.29) is 30.6 Å². The number of hydrogen-bond acceptors (Lipinski definition) is 7. The fourth-order valence-electron chi connectivity index (χ4n) is 3.59. The van der Waals surface area contributed by atoms with Gasteiger partial charge in [0.25, 0.3) is 11.5 Å². The minimum atomic E-state index is -0.677. The number of rotatable bonds is 11. The molecule has 35 heavy (non-hydrogen) atoms. The van der Waals surface area contributed by atoms with Crippen LogP contribution in [0.4, 0.5) is 11.5 Å². The molecule has 3 rings (SSSR count). The molecule has 2 heterocycles. The number of amides is 1. The quantitative estimate of drug-likeness (QED) is 0.412. The van der Waals surface area contributed by atoms with E-state index in [4.69, 9.17) is 10.5 Å². The Morgan fingerprint density at radius 2 is 2.09 bits per heavy atom. The van der Waals surface area contributed by atoms with Gasteiger partial charge in [0, 0.05) is 24.0 Å². The molecule has 0 saturated carbocycles. The summed E-state index contributed by atoms with van der Waals surface area (Å²) in [5, 5.41) is 2.89. The summed E-state index contributed by atoms with van der Waals surface area (Å²) in [6, 6.07) is 6.80. The fraction of sp³-hybridized carbons (Fsp3) is 0.440. The number of nitrogens with two attached hydrogens (primary N) is 1. The molecule has 0 aliphatic heterocycles. The van der Waals surface area contributed by atoms with Crippen LogP contribution in [0.1, 0.15) is 61.1 Å². The number of anilines is 2. The zero-order valence-electron chi connectivity index (χ0n) is 20.7. The molecule has 3 N–H and O–H groups in total. The summed E-state index contributed by atoms with van der Waals surface area (Å²) < 4.78 is 7.17. The van der Waals surface area contributed by atoms with Crippen molar-refractivity contribution in [1.29, 1.82) is 0 Å². The number of carbonyl (C=O) groups excluding carboxylic acids is 1. The van der Waals surface area contributed by atoms with Crippen LogP contribution in [0.2, 0.25) is 0 Å². The maximum atomic E-state index is 13.7. The molecular weight excluding hydrogens is 466 g/mol. The van der Waals surface area contributed by atoms with Crippen LogP contribution in [0.25, 0.3) is 0 Å². The number of hydrogen-bond donors (Lipinski definition) is 2. The van der Waals surface area contributed by atoms with Gasteiger partial charge in [-0.1, -0.05) is 33.3 Å². The highest BCUT2D eigenvalue weighted by Gasteiger charge is 2.25. The van der Waals surface area contributed by atoms with Crippen LogP contribution in [0.15, 0.2) is 39.2 Å². The van der Waals surface area contributed by atoms with Gasteiger partial charge < -0.3 is 15.4 Å². The van der Waals surface area contributed by atoms with Gasteiger partial charge in [0.2, 0.25) is 0 Å². The number of ether oxygens (including phenoxy) is 1. The molecule has 0 unspecified atom stereocenters. The second-order valence-electron chi connectivity index (χ2n) is 8.81. The third-order valence-corrected chi connectivity index (χ3v) is 6.35. The molecule has 1 aromatic carbocycles. The number of carbonyl (C=O) groups is 1. The number of aryl methyl sites for hydroxylation is 1. The van der Waals surface area contributed by atoms with Gasteiger partial charge in [-0.15, -0.1) is 11.3 Å². The van der Waals surface area contributed by atoms with Crippen molar-refractivity contribution in [3.8, 4) is 5.75 Å². The highest BCUT2D eigenvalue weighted by Crippen LogP contribution is 2.23. The first-order valence-corrected chi connectivity index (χ1v) is 12.7. The predicted molar refractivity (Wildman–Crippen MR) is 139 cm³/mol. The lowest BCUT2D eigenvalue weighted by atomic mass is 10.1. The van der Waals surface area contributed by atoms with Crippen molar-refractivity contribution in [3.05, 3.63) is 66.7 Å². The van der Waals surface area contributed by atoms with E-state index >= 15 is 0 Å². The summed E-state index contributed by atoms with van der Waals surface area (Å²) in [6.45, 7) is 8.92. The van der Waals surface area contributed by atoms with Gasteiger partial charge in [0.05, 0.1) is 10.7 Å². The van der Waals surface area contributed by atoms with E-state index in [2.05, 4.69) is 9.97 Å². The maximum absolute atomic E-state index is 13.7. The van der Waals surface area contributed by atoms with Gasteiger partial charge >= 0.3 is 5.69 Å². The summed E-state index contributed by atoms with van der Waals surface area (Å²) in [5.41, 5.74) is 6.22. The van der Waals surface area contributed by atoms with Crippen molar-refractivity contribution < 1.29 is 9.53 Å². The number of nitrogens with zero attached hydrogens (tertiary/aromatic N) is 3. The molecule has 9 nitrogen and oxygen atoms in total. The average molecular weight is 500 g/mol. The normalized spacial score (nSPS) is 11.1. The zero-order chi connectivity index (χ0) is 25.5. The molecule has 3 aromatic rings. The Labute approximate surface area is 208 Å². The molecule has 0 aliphatic carbocycles. The summed E-state index contributed by atoms with van der Waals surface area (Å²) in [7, 11) is 0. The van der Waals surface area contributed by atoms with Crippen molar-refractivity contribution in [1.82, 2.24) is 14.5 Å². The molecule has 0 radical (unpaired) electrons. The van der Waals surface area contributed by atoms with Crippen LogP contribution in [0, 0.1) is 12.8 Å². The third-order valence-electron chi connectivity index (χ3n) is 5.53. The molecule has 1 amide bonds. The SMILES string of the molecule is CCCCn1c(N)c(N(CCC(C)C)C(=O)c2cccc(OCc3csc(C)n3)c2)c(=O)[nH]c1=O. The smallest absolute Gasteiger partial charge is 0.330 e. The van der Waals surface area contributed by atoms with Crippen LogP contribution >= 0.6 is 11.3 Å². The molecule has 2 aromatic heterocycles. The van der Waals surface area contributed by atoms with E-state index in [9.17, 15) is 14.4 Å². The number of benzene rings is 1. The number of H-pyrrole nitrogens is 1. The first kappa shape index (κ1) is 26.2. The predicted octanol–water partition coefficient (Wildman–Crippen LogP) is 3.96. The van der Waals surface area contributed by atoms with Crippen LogP contribution < -0.4 is 26.6 Å². The van der Waals surface area contributed by atoms with Gasteiger partial charge in [0.15, 0.2) is 5.69 Å². The van der Waals surface area contributed by atoms with Gasteiger partial charge in [-0.25, -0.2) is 9.78 Å². The fourth-order valence-corrected chi connectivity index (χ4v) is 4.18. The standard InChI is InChI=1S/C25H33N5O4S/c1-5-6-11-30-22(26)21(23(31)28-25(30)33)29(12-10-16(2)3)24(32)18-8-7-9-20(13-18)34-14-19-15-35-17(4)27-19/h7-9,13,15-16H,5-6,10-12,14,26H2,1-4H3,(H,28,31,33). The molecule has 0 bridgehead atoms. The minimum absolute atomic E-state index is 0.00405. The molecule has 0 atom stereocenters. The number of thiazole rings is 1. The van der Waals surface area contributed by atoms with E-state index in [0.29, 0.717) is 30.7 Å². The van der Waals surface area contributed by atoms with Crippen LogP contribution in [0.3, 0.4) is 0 Å². The van der Waals surface area contributed by atoms with Crippen molar-refractivity contribution >= 4 is 28.7 Å². The van der Waals surface area contributed by atoms with Crippen LogP contribution in [-0.2, 0) is 13.2 Å². The Morgan fingerprint density at radius 1 is 1.31 bits per heavy atom. The second kappa shape index (κ2) is 11.8. The number of unbranched alkanes of at least 4 members (excludes halogenated alkanes) is 1. The Bertz CT molecular complexity index is 1280. The van der Waals surface area contributed by atoms with Gasteiger partial charge in [-0.3, -0.25) is 19.1 Å². The Kier molecular flexibility index (Phi) is 8.86. The zero-order valence-corrected chi connectivity index (χ0v) is 21.5. The molecule has 0 aliphatic rings. The summed E-state index contributed by atoms with van der Waals surface area (Å²) in [6.07, 6.45) is 2.22. The highest BCUT2D eigenvalue weighted by atomic mass is 32.1. The van der Waals surface area contributed by atoms with Crippen molar-refractivity contribution in [3.63, 3.8) is 0 Å². The number of nitrogens with one attached hydrogen (secondary N) is 1. The van der Waals surface area contributed by atoms with E-state index in [1.165, 1.54) is 9.47 Å². The number of nitrogen functional groups attached to an aromatic ring is 1. The first-order chi connectivity index (χ1) is 16.7. The second-order valence-corrected chi connectivity index (χ2v) is 9.87. The monoisotopic (exact) mass is 499 g/mol. The van der Waals surface area contributed by atoms with E-state index < -0.39 is 17.2 Å². The van der Waals surface area contributed by atoms with Crippen LogP contribution in [0.5, 0.6) is 5.75 Å². The topological polar surface area (TPSA) is 123 Å². The maximum Gasteiger partial charge on any atom is 0.330 e. The molecule has 0 fully saturated rings. The summed E-state index contributed by atoms with van der Waals surface area (Å²) >= 11 is 1.55. The molecule has 188 valence electrons. The Hall–Kier alpha value is -3.40. The van der Waals surface area contributed by atoms with E-state index in [0.717, 1.165) is 17.1 Å².